The number of hydrogen-bond donors (Lipinski definition) is 2. The van der Waals surface area contributed by atoms with Gasteiger partial charge < -0.3 is 25.3 Å². The lowest BCUT2D eigenvalue weighted by Gasteiger charge is -2.50. The molecule has 43 heavy (non-hydrogen) atoms. The Bertz CT molecular complexity index is 1440. The molecule has 2 fully saturated rings. The van der Waals surface area contributed by atoms with Crippen LogP contribution >= 0.6 is 0 Å². The molecule has 2 atom stereocenters. The van der Waals surface area contributed by atoms with E-state index in [0.29, 0.717) is 37.2 Å². The van der Waals surface area contributed by atoms with E-state index < -0.39 is 23.6 Å². The van der Waals surface area contributed by atoms with Crippen LogP contribution in [0.3, 0.4) is 0 Å². The highest BCUT2D eigenvalue weighted by Crippen LogP contribution is 2.32. The molecule has 232 valence electrons. The summed E-state index contributed by atoms with van der Waals surface area (Å²) in [6, 6.07) is 2.98. The minimum Gasteiger partial charge on any atom is -0.402 e. The molecule has 3 aromatic rings. The van der Waals surface area contributed by atoms with E-state index in [4.69, 9.17) is 20.1 Å². The first-order valence-corrected chi connectivity index (χ1v) is 14.6. The Balaban J connectivity index is 1.22. The highest BCUT2D eigenvalue weighted by Gasteiger charge is 2.38. The van der Waals surface area contributed by atoms with Crippen molar-refractivity contribution in [3.63, 3.8) is 0 Å². The average Bonchev–Trinajstić information content (AvgIpc) is 3.45. The number of aromatic nitrogens is 5. The predicted octanol–water partition coefficient (Wildman–Crippen LogP) is 3.86. The van der Waals surface area contributed by atoms with Crippen LogP contribution in [0.1, 0.15) is 61.8 Å². The summed E-state index contributed by atoms with van der Waals surface area (Å²) in [5.74, 6) is 0.339. The Morgan fingerprint density at radius 3 is 2.51 bits per heavy atom. The predicted molar refractivity (Wildman–Crippen MR) is 154 cm³/mol. The fraction of sp³-hybridized carbons (Fsp3) is 0.571. The van der Waals surface area contributed by atoms with E-state index in [2.05, 4.69) is 44.1 Å². The molecule has 3 N–H and O–H groups in total. The van der Waals surface area contributed by atoms with E-state index in [1.807, 2.05) is 13.8 Å². The number of likely N-dealkylation sites (tertiary alicyclic amines) is 1. The molecule has 0 spiro atoms. The molecule has 0 aliphatic carbocycles. The molecule has 2 aliphatic rings. The van der Waals surface area contributed by atoms with E-state index in [0.717, 1.165) is 56.0 Å². The van der Waals surface area contributed by atoms with Crippen molar-refractivity contribution in [2.75, 3.05) is 48.7 Å². The number of nitrogen functional groups attached to an aromatic ring is 1. The van der Waals surface area contributed by atoms with Crippen molar-refractivity contribution in [3.8, 4) is 11.6 Å². The summed E-state index contributed by atoms with van der Waals surface area (Å²) in [6.45, 7) is 11.5. The highest BCUT2D eigenvalue weighted by molar-refractivity contribution is 5.98. The zero-order chi connectivity index (χ0) is 30.9. The van der Waals surface area contributed by atoms with Crippen LogP contribution in [0.25, 0.3) is 11.6 Å². The van der Waals surface area contributed by atoms with Crippen molar-refractivity contribution in [3.05, 3.63) is 35.3 Å². The molecule has 5 heterocycles. The number of rotatable bonds is 7. The monoisotopic (exact) mass is 602 g/mol. The normalized spacial score (nSPS) is 20.4. The molecule has 0 saturated carbocycles. The van der Waals surface area contributed by atoms with Crippen LogP contribution in [-0.2, 0) is 6.18 Å². The van der Waals surface area contributed by atoms with E-state index in [9.17, 15) is 18.0 Å². The maximum absolute atomic E-state index is 13.1. The standard InChI is InChI=1S/C28H37F3N10O2/c1-5-18-15-40(24-17(4)35-21(13-34-24)25-37-38-27(43-25)33-6-2)16(3)14-41(18)19-9-11-39(12-10-19)26(42)20-7-8-22(28(29,30)31)36-23(20)32/h7-8,13,16,18-19H,5-6,9-12,14-15H2,1-4H3,(H2,32,36)(H,33,38)/t16-,18+/m1/s1. The van der Waals surface area contributed by atoms with Crippen LogP contribution in [0.15, 0.2) is 22.7 Å². The Labute approximate surface area is 247 Å². The van der Waals surface area contributed by atoms with Gasteiger partial charge in [-0.05, 0) is 52.2 Å². The van der Waals surface area contributed by atoms with E-state index >= 15 is 0 Å². The summed E-state index contributed by atoms with van der Waals surface area (Å²) in [4.78, 5) is 32.5. The van der Waals surface area contributed by atoms with Crippen molar-refractivity contribution in [2.24, 2.45) is 0 Å². The van der Waals surface area contributed by atoms with Crippen molar-refractivity contribution in [1.29, 1.82) is 0 Å². The smallest absolute Gasteiger partial charge is 0.402 e. The molecule has 15 heteroatoms. The van der Waals surface area contributed by atoms with Gasteiger partial charge in [-0.15, -0.1) is 5.10 Å². The van der Waals surface area contributed by atoms with Crippen LogP contribution in [0, 0.1) is 6.92 Å². The van der Waals surface area contributed by atoms with Crippen molar-refractivity contribution < 1.29 is 22.4 Å². The number of anilines is 3. The van der Waals surface area contributed by atoms with E-state index in [1.165, 1.54) is 0 Å². The summed E-state index contributed by atoms with van der Waals surface area (Å²) in [7, 11) is 0. The average molecular weight is 603 g/mol. The first-order valence-electron chi connectivity index (χ1n) is 14.6. The molecule has 1 amide bonds. The second kappa shape index (κ2) is 12.3. The molecule has 0 unspecified atom stereocenters. The van der Waals surface area contributed by atoms with Crippen molar-refractivity contribution in [2.45, 2.75) is 71.3 Å². The first kappa shape index (κ1) is 30.4. The number of nitrogens with two attached hydrogens (primary N) is 1. The van der Waals surface area contributed by atoms with Gasteiger partial charge in [0.15, 0.2) is 0 Å². The molecular weight excluding hydrogens is 565 g/mol. The molecule has 2 saturated heterocycles. The topological polar surface area (TPSA) is 142 Å². The van der Waals surface area contributed by atoms with Gasteiger partial charge in [0.05, 0.1) is 17.5 Å². The third-order valence-corrected chi connectivity index (χ3v) is 8.19. The number of halogens is 3. The summed E-state index contributed by atoms with van der Waals surface area (Å²) < 4.78 is 44.5. The van der Waals surface area contributed by atoms with Gasteiger partial charge in [0.1, 0.15) is 23.0 Å². The number of nitrogens with one attached hydrogen (secondary N) is 1. The largest absolute Gasteiger partial charge is 0.433 e. The van der Waals surface area contributed by atoms with Crippen LogP contribution in [-0.4, -0.2) is 91.7 Å². The number of carbonyl (C=O) groups is 1. The van der Waals surface area contributed by atoms with Crippen molar-refractivity contribution in [1.82, 2.24) is 34.9 Å². The molecular formula is C28H37F3N10O2. The summed E-state index contributed by atoms with van der Waals surface area (Å²) >= 11 is 0. The van der Waals surface area contributed by atoms with Crippen molar-refractivity contribution >= 4 is 23.6 Å². The maximum atomic E-state index is 13.1. The molecule has 0 radical (unpaired) electrons. The van der Waals surface area contributed by atoms with Crippen LogP contribution < -0.4 is 16.0 Å². The Morgan fingerprint density at radius 1 is 1.14 bits per heavy atom. The fourth-order valence-corrected chi connectivity index (χ4v) is 5.96. The van der Waals surface area contributed by atoms with E-state index in [1.54, 1.807) is 11.1 Å². The highest BCUT2D eigenvalue weighted by atomic mass is 19.4. The number of carbonyl (C=O) groups excluding carboxylic acids is 1. The molecule has 5 rings (SSSR count). The molecule has 2 aliphatic heterocycles. The molecule has 3 aromatic heterocycles. The van der Waals surface area contributed by atoms with E-state index in [-0.39, 0.29) is 23.7 Å². The van der Waals surface area contributed by atoms with Gasteiger partial charge in [-0.1, -0.05) is 12.0 Å². The number of aryl methyl sites for hydroxylation is 1. The second-order valence-electron chi connectivity index (χ2n) is 11.0. The zero-order valence-electron chi connectivity index (χ0n) is 24.7. The summed E-state index contributed by atoms with van der Waals surface area (Å²) in [5.41, 5.74) is 5.94. The summed E-state index contributed by atoms with van der Waals surface area (Å²) in [6.07, 6.45) is -0.497. The van der Waals surface area contributed by atoms with Gasteiger partial charge in [0.2, 0.25) is 0 Å². The minimum atomic E-state index is -4.62. The lowest BCUT2D eigenvalue weighted by Crippen LogP contribution is -2.62. The Hall–Kier alpha value is -4.01. The van der Waals surface area contributed by atoms with Gasteiger partial charge in [-0.25, -0.2) is 15.0 Å². The number of nitrogens with zero attached hydrogens (tertiary/aromatic N) is 8. The lowest BCUT2D eigenvalue weighted by molar-refractivity contribution is -0.141. The van der Waals surface area contributed by atoms with Crippen LogP contribution in [0.5, 0.6) is 0 Å². The Morgan fingerprint density at radius 2 is 1.88 bits per heavy atom. The number of amides is 1. The quantitative estimate of drug-likeness (QED) is 0.407. The molecule has 0 bridgehead atoms. The number of piperazine rings is 1. The van der Waals surface area contributed by atoms with Crippen LogP contribution in [0.2, 0.25) is 0 Å². The third-order valence-electron chi connectivity index (χ3n) is 8.19. The lowest BCUT2D eigenvalue weighted by atomic mass is 9.96. The van der Waals surface area contributed by atoms with Gasteiger partial charge >= 0.3 is 12.2 Å². The van der Waals surface area contributed by atoms with Gasteiger partial charge in [0, 0.05) is 50.8 Å². The number of hydrogen-bond acceptors (Lipinski definition) is 11. The third kappa shape index (κ3) is 6.36. The SMILES string of the molecule is CCNc1nnc(-c2cnc(N3C[C@H](CC)N(C4CCN(C(=O)c5ccc(C(F)(F)F)nc5N)CC4)C[C@H]3C)c(C)n2)o1. The van der Waals surface area contributed by atoms with Crippen LogP contribution in [0.4, 0.5) is 30.8 Å². The van der Waals surface area contributed by atoms with Gasteiger partial charge in [-0.3, -0.25) is 9.69 Å². The second-order valence-corrected chi connectivity index (χ2v) is 11.0. The molecule has 0 aromatic carbocycles. The molecule has 12 nitrogen and oxygen atoms in total. The maximum Gasteiger partial charge on any atom is 0.433 e. The number of pyridine rings is 1. The minimum absolute atomic E-state index is 0.000206. The van der Waals surface area contributed by atoms with Gasteiger partial charge in [-0.2, -0.15) is 13.2 Å². The number of alkyl halides is 3. The Kier molecular flexibility index (Phi) is 8.71. The summed E-state index contributed by atoms with van der Waals surface area (Å²) in [5, 5.41) is 11.0. The first-order chi connectivity index (χ1) is 20.5. The fourth-order valence-electron chi connectivity index (χ4n) is 5.96. The van der Waals surface area contributed by atoms with Gasteiger partial charge in [0.25, 0.3) is 11.8 Å². The zero-order valence-corrected chi connectivity index (χ0v) is 24.7. The number of piperidine rings is 1.